The van der Waals surface area contributed by atoms with Crippen molar-refractivity contribution in [3.63, 3.8) is 0 Å². The van der Waals surface area contributed by atoms with Crippen molar-refractivity contribution < 1.29 is 19.2 Å². The number of ether oxygens (including phenoxy) is 1. The van der Waals surface area contributed by atoms with E-state index in [1.165, 1.54) is 12.2 Å². The molecule has 0 radical (unpaired) electrons. The highest BCUT2D eigenvalue weighted by Gasteiger charge is 2.35. The molecule has 0 aromatic heterocycles. The molecule has 6 heteroatoms. The maximum atomic E-state index is 12.7. The van der Waals surface area contributed by atoms with Gasteiger partial charge in [0.05, 0.1) is 19.2 Å². The van der Waals surface area contributed by atoms with Gasteiger partial charge in [0.15, 0.2) is 0 Å². The molecule has 2 atom stereocenters. The SMILES string of the molecule is CCCC[C@@H]1C=C[C@@H](CCCC(=O)N(C)OC)N1C(=O)OC(C)(C)C. The first kappa shape index (κ1) is 21.5. The molecule has 1 aliphatic rings. The number of hydrogen-bond donors (Lipinski definition) is 0. The molecule has 144 valence electrons. The molecular formula is C19H34N2O4. The molecule has 0 aliphatic carbocycles. The molecule has 6 nitrogen and oxygen atoms in total. The minimum absolute atomic E-state index is 0.0163. The molecule has 25 heavy (non-hydrogen) atoms. The third kappa shape index (κ3) is 7.06. The van der Waals surface area contributed by atoms with Gasteiger partial charge in [-0.2, -0.15) is 0 Å². The summed E-state index contributed by atoms with van der Waals surface area (Å²) in [4.78, 5) is 31.2. The van der Waals surface area contributed by atoms with Crippen LogP contribution in [0.1, 0.15) is 66.2 Å². The molecule has 0 aromatic rings. The molecule has 0 N–H and O–H groups in total. The van der Waals surface area contributed by atoms with Crippen molar-refractivity contribution in [2.45, 2.75) is 83.9 Å². The number of carbonyl (C=O) groups excluding carboxylic acids is 2. The lowest BCUT2D eigenvalue weighted by atomic mass is 10.1. The number of amides is 2. The van der Waals surface area contributed by atoms with Crippen LogP contribution in [0.2, 0.25) is 0 Å². The van der Waals surface area contributed by atoms with Crippen molar-refractivity contribution in [1.82, 2.24) is 9.96 Å². The Bertz CT molecular complexity index is 471. The summed E-state index contributed by atoms with van der Waals surface area (Å²) < 4.78 is 5.60. The summed E-state index contributed by atoms with van der Waals surface area (Å²) in [6.07, 6.45) is 8.84. The summed E-state index contributed by atoms with van der Waals surface area (Å²) in [5.74, 6) is -0.0594. The van der Waals surface area contributed by atoms with Gasteiger partial charge in [-0.05, 0) is 40.0 Å². The number of unbranched alkanes of at least 4 members (excludes halogenated alkanes) is 1. The Morgan fingerprint density at radius 1 is 1.12 bits per heavy atom. The van der Waals surface area contributed by atoms with Crippen LogP contribution >= 0.6 is 0 Å². The predicted octanol–water partition coefficient (Wildman–Crippen LogP) is 3.91. The Hall–Kier alpha value is -1.56. The summed E-state index contributed by atoms with van der Waals surface area (Å²) >= 11 is 0. The second-order valence-electron chi connectivity index (χ2n) is 7.52. The van der Waals surface area contributed by atoms with E-state index < -0.39 is 5.60 Å². The Labute approximate surface area is 152 Å². The van der Waals surface area contributed by atoms with E-state index in [-0.39, 0.29) is 24.1 Å². The summed E-state index contributed by atoms with van der Waals surface area (Å²) in [6.45, 7) is 7.78. The highest BCUT2D eigenvalue weighted by molar-refractivity contribution is 5.74. The largest absolute Gasteiger partial charge is 0.444 e. The molecule has 0 saturated heterocycles. The third-order valence-corrected chi connectivity index (χ3v) is 4.24. The lowest BCUT2D eigenvalue weighted by Crippen LogP contribution is -2.45. The van der Waals surface area contributed by atoms with Crippen molar-refractivity contribution in [3.05, 3.63) is 12.2 Å². The Morgan fingerprint density at radius 2 is 1.68 bits per heavy atom. The zero-order chi connectivity index (χ0) is 19.0. The van der Waals surface area contributed by atoms with Crippen LogP contribution in [0, 0.1) is 0 Å². The molecule has 2 amide bonds. The molecule has 0 aromatic carbocycles. The first-order chi connectivity index (χ1) is 11.7. The average Bonchev–Trinajstić information content (AvgIpc) is 2.93. The van der Waals surface area contributed by atoms with Crippen LogP contribution in [0.4, 0.5) is 4.79 Å². The van der Waals surface area contributed by atoms with E-state index in [2.05, 4.69) is 19.1 Å². The van der Waals surface area contributed by atoms with Gasteiger partial charge in [0.25, 0.3) is 0 Å². The fourth-order valence-corrected chi connectivity index (χ4v) is 2.88. The third-order valence-electron chi connectivity index (χ3n) is 4.24. The maximum absolute atomic E-state index is 12.7. The zero-order valence-corrected chi connectivity index (χ0v) is 16.6. The van der Waals surface area contributed by atoms with Crippen LogP contribution in [0.5, 0.6) is 0 Å². The number of nitrogens with zero attached hydrogens (tertiary/aromatic N) is 2. The lowest BCUT2D eigenvalue weighted by molar-refractivity contribution is -0.168. The molecular weight excluding hydrogens is 320 g/mol. The van der Waals surface area contributed by atoms with Crippen LogP contribution < -0.4 is 0 Å². The standard InChI is InChI=1S/C19H34N2O4/c1-7-8-10-15-13-14-16(11-9-12-17(22)20(5)24-6)21(15)18(23)25-19(2,3)4/h13-16H,7-12H2,1-6H3/t15-,16-/m1/s1. The Morgan fingerprint density at radius 3 is 2.16 bits per heavy atom. The highest BCUT2D eigenvalue weighted by Crippen LogP contribution is 2.27. The van der Waals surface area contributed by atoms with E-state index in [1.807, 2.05) is 25.7 Å². The van der Waals surface area contributed by atoms with Crippen LogP contribution in [-0.4, -0.2) is 53.8 Å². The van der Waals surface area contributed by atoms with Crippen molar-refractivity contribution in [2.75, 3.05) is 14.2 Å². The molecule has 0 saturated carbocycles. The molecule has 0 fully saturated rings. The summed E-state index contributed by atoms with van der Waals surface area (Å²) in [6, 6.07) is 0.0644. The predicted molar refractivity (Wildman–Crippen MR) is 97.9 cm³/mol. The fourth-order valence-electron chi connectivity index (χ4n) is 2.88. The normalized spacial score (nSPS) is 20.0. The van der Waals surface area contributed by atoms with Crippen LogP contribution in [-0.2, 0) is 14.4 Å². The van der Waals surface area contributed by atoms with Crippen molar-refractivity contribution in [2.24, 2.45) is 0 Å². The quantitative estimate of drug-likeness (QED) is 0.490. The van der Waals surface area contributed by atoms with Crippen LogP contribution in [0.3, 0.4) is 0 Å². The number of rotatable bonds is 8. The first-order valence-corrected chi connectivity index (χ1v) is 9.20. The number of hydrogen-bond acceptors (Lipinski definition) is 4. The van der Waals surface area contributed by atoms with Gasteiger partial charge < -0.3 is 4.74 Å². The van der Waals surface area contributed by atoms with E-state index in [0.29, 0.717) is 12.8 Å². The molecule has 0 unspecified atom stereocenters. The fraction of sp³-hybridized carbons (Fsp3) is 0.789. The van der Waals surface area contributed by atoms with E-state index in [4.69, 9.17) is 9.57 Å². The molecule has 1 heterocycles. The molecule has 0 spiro atoms. The topological polar surface area (TPSA) is 59.1 Å². The van der Waals surface area contributed by atoms with Crippen molar-refractivity contribution in [1.29, 1.82) is 0 Å². The van der Waals surface area contributed by atoms with Gasteiger partial charge in [-0.3, -0.25) is 14.5 Å². The smallest absolute Gasteiger partial charge is 0.411 e. The maximum Gasteiger partial charge on any atom is 0.411 e. The molecule has 0 bridgehead atoms. The minimum atomic E-state index is -0.517. The summed E-state index contributed by atoms with van der Waals surface area (Å²) in [7, 11) is 3.08. The second-order valence-corrected chi connectivity index (χ2v) is 7.52. The lowest BCUT2D eigenvalue weighted by Gasteiger charge is -2.33. The number of hydroxylamine groups is 2. The zero-order valence-electron chi connectivity index (χ0n) is 16.6. The minimum Gasteiger partial charge on any atom is -0.444 e. The van der Waals surface area contributed by atoms with Crippen LogP contribution in [0.15, 0.2) is 12.2 Å². The Balaban J connectivity index is 2.67. The van der Waals surface area contributed by atoms with E-state index in [0.717, 1.165) is 25.7 Å². The molecule has 1 aliphatic heterocycles. The van der Waals surface area contributed by atoms with E-state index in [9.17, 15) is 9.59 Å². The van der Waals surface area contributed by atoms with E-state index >= 15 is 0 Å². The van der Waals surface area contributed by atoms with Crippen LogP contribution in [0.25, 0.3) is 0 Å². The number of carbonyl (C=O) groups is 2. The van der Waals surface area contributed by atoms with E-state index in [1.54, 1.807) is 7.05 Å². The van der Waals surface area contributed by atoms with Gasteiger partial charge in [0, 0.05) is 13.5 Å². The first-order valence-electron chi connectivity index (χ1n) is 9.20. The van der Waals surface area contributed by atoms with Crippen molar-refractivity contribution in [3.8, 4) is 0 Å². The van der Waals surface area contributed by atoms with Gasteiger partial charge in [0.2, 0.25) is 5.91 Å². The monoisotopic (exact) mass is 354 g/mol. The van der Waals surface area contributed by atoms with Gasteiger partial charge in [-0.1, -0.05) is 31.9 Å². The van der Waals surface area contributed by atoms with Gasteiger partial charge >= 0.3 is 6.09 Å². The second kappa shape index (κ2) is 9.80. The Kier molecular flexibility index (Phi) is 8.42. The van der Waals surface area contributed by atoms with Gasteiger partial charge in [0.1, 0.15) is 5.60 Å². The average molecular weight is 354 g/mol. The molecule has 1 rings (SSSR count). The van der Waals surface area contributed by atoms with Crippen molar-refractivity contribution >= 4 is 12.0 Å². The van der Waals surface area contributed by atoms with Gasteiger partial charge in [-0.25, -0.2) is 9.86 Å². The highest BCUT2D eigenvalue weighted by atomic mass is 16.7. The summed E-state index contributed by atoms with van der Waals surface area (Å²) in [5, 5.41) is 1.24. The summed E-state index contributed by atoms with van der Waals surface area (Å²) in [5.41, 5.74) is -0.517. The van der Waals surface area contributed by atoms with Gasteiger partial charge in [-0.15, -0.1) is 0 Å².